The molecule has 0 aliphatic carbocycles. The predicted octanol–water partition coefficient (Wildman–Crippen LogP) is 3.71. The number of hydrogen-bond acceptors (Lipinski definition) is 3. The normalized spacial score (nSPS) is 11.2. The van der Waals surface area contributed by atoms with E-state index in [2.05, 4.69) is 20.6 Å². The highest BCUT2D eigenvalue weighted by atomic mass is 19.1. The van der Waals surface area contributed by atoms with Crippen LogP contribution < -0.4 is 15.4 Å². The monoisotopic (exact) mass is 392 g/mol. The van der Waals surface area contributed by atoms with Crippen LogP contribution in [0, 0.1) is 5.82 Å². The highest BCUT2D eigenvalue weighted by Gasteiger charge is 2.03. The molecule has 0 unspecified atom stereocenters. The molecule has 3 rings (SSSR count). The van der Waals surface area contributed by atoms with Gasteiger partial charge in [-0.3, -0.25) is 4.99 Å². The first kappa shape index (κ1) is 20.3. The van der Waals surface area contributed by atoms with Gasteiger partial charge in [-0.15, -0.1) is 0 Å². The first-order chi connectivity index (χ1) is 14.2. The molecule has 29 heavy (non-hydrogen) atoms. The number of nitrogens with one attached hydrogen (secondary N) is 2. The van der Waals surface area contributed by atoms with Crippen LogP contribution in [0.5, 0.6) is 5.88 Å². The van der Waals surface area contributed by atoms with Gasteiger partial charge < -0.3 is 15.4 Å². The molecule has 2 aromatic carbocycles. The lowest BCUT2D eigenvalue weighted by atomic mass is 10.1. The second kappa shape index (κ2) is 10.8. The van der Waals surface area contributed by atoms with Crippen molar-refractivity contribution in [2.45, 2.75) is 19.6 Å². The smallest absolute Gasteiger partial charge is 0.213 e. The Morgan fingerprint density at radius 1 is 0.966 bits per heavy atom. The molecular weight excluding hydrogens is 367 g/mol. The van der Waals surface area contributed by atoms with Crippen LogP contribution in [0.1, 0.15) is 16.7 Å². The Morgan fingerprint density at radius 3 is 2.59 bits per heavy atom. The molecule has 0 spiro atoms. The van der Waals surface area contributed by atoms with E-state index in [4.69, 9.17) is 4.74 Å². The standard InChI is InChI=1S/C23H25FN4O/c1-25-23(27-13-10-18-8-5-9-21(24)14-18)28-16-20-11-12-26-22(15-20)29-17-19-6-3-2-4-7-19/h2-9,11-12,14-15H,10,13,16-17H2,1H3,(H2,25,27,28). The van der Waals surface area contributed by atoms with E-state index in [-0.39, 0.29) is 5.82 Å². The van der Waals surface area contributed by atoms with Crippen molar-refractivity contribution in [2.75, 3.05) is 13.6 Å². The first-order valence-electron chi connectivity index (χ1n) is 9.53. The molecule has 0 aliphatic heterocycles. The van der Waals surface area contributed by atoms with Crippen LogP contribution in [0.3, 0.4) is 0 Å². The van der Waals surface area contributed by atoms with Crippen LogP contribution in [0.15, 0.2) is 77.9 Å². The molecule has 2 N–H and O–H groups in total. The van der Waals surface area contributed by atoms with Gasteiger partial charge in [0.15, 0.2) is 5.96 Å². The Morgan fingerprint density at radius 2 is 1.79 bits per heavy atom. The summed E-state index contributed by atoms with van der Waals surface area (Å²) < 4.78 is 19.0. The van der Waals surface area contributed by atoms with E-state index in [0.29, 0.717) is 38.0 Å². The van der Waals surface area contributed by atoms with Crippen LogP contribution in [0.25, 0.3) is 0 Å². The van der Waals surface area contributed by atoms with Crippen molar-refractivity contribution in [3.63, 3.8) is 0 Å². The fraction of sp³-hybridized carbons (Fsp3) is 0.217. The summed E-state index contributed by atoms with van der Waals surface area (Å²) in [7, 11) is 1.72. The maximum Gasteiger partial charge on any atom is 0.213 e. The van der Waals surface area contributed by atoms with Gasteiger partial charge in [0.05, 0.1) is 0 Å². The number of hydrogen-bond donors (Lipinski definition) is 2. The van der Waals surface area contributed by atoms with Gasteiger partial charge in [0.25, 0.3) is 0 Å². The lowest BCUT2D eigenvalue weighted by Gasteiger charge is -2.12. The average molecular weight is 392 g/mol. The molecule has 0 amide bonds. The van der Waals surface area contributed by atoms with Gasteiger partial charge in [-0.05, 0) is 41.3 Å². The third-order valence-electron chi connectivity index (χ3n) is 4.31. The van der Waals surface area contributed by atoms with Crippen molar-refractivity contribution in [1.29, 1.82) is 0 Å². The van der Waals surface area contributed by atoms with E-state index in [1.54, 1.807) is 25.4 Å². The molecule has 0 bridgehead atoms. The third kappa shape index (κ3) is 6.92. The number of benzene rings is 2. The minimum Gasteiger partial charge on any atom is -0.473 e. The van der Waals surface area contributed by atoms with Crippen molar-refractivity contribution < 1.29 is 9.13 Å². The van der Waals surface area contributed by atoms with Crippen molar-refractivity contribution in [2.24, 2.45) is 4.99 Å². The summed E-state index contributed by atoms with van der Waals surface area (Å²) >= 11 is 0. The number of halogens is 1. The second-order valence-electron chi connectivity index (χ2n) is 6.51. The third-order valence-corrected chi connectivity index (χ3v) is 4.31. The average Bonchev–Trinajstić information content (AvgIpc) is 2.76. The summed E-state index contributed by atoms with van der Waals surface area (Å²) in [6.07, 6.45) is 2.45. The number of nitrogens with zero attached hydrogens (tertiary/aromatic N) is 2. The lowest BCUT2D eigenvalue weighted by Crippen LogP contribution is -2.37. The summed E-state index contributed by atoms with van der Waals surface area (Å²) in [5, 5.41) is 6.50. The fourth-order valence-electron chi connectivity index (χ4n) is 2.79. The number of ether oxygens (including phenoxy) is 1. The van der Waals surface area contributed by atoms with E-state index >= 15 is 0 Å². The van der Waals surface area contributed by atoms with E-state index < -0.39 is 0 Å². The Bertz CT molecular complexity index is 931. The van der Waals surface area contributed by atoms with E-state index in [1.807, 2.05) is 48.5 Å². The number of aromatic nitrogens is 1. The lowest BCUT2D eigenvalue weighted by molar-refractivity contribution is 0.293. The zero-order valence-electron chi connectivity index (χ0n) is 16.4. The van der Waals surface area contributed by atoms with E-state index in [9.17, 15) is 4.39 Å². The van der Waals surface area contributed by atoms with Crippen molar-refractivity contribution in [3.05, 3.63) is 95.4 Å². The van der Waals surface area contributed by atoms with Gasteiger partial charge in [-0.1, -0.05) is 42.5 Å². The number of pyridine rings is 1. The molecule has 0 fully saturated rings. The van der Waals surface area contributed by atoms with Gasteiger partial charge >= 0.3 is 0 Å². The minimum atomic E-state index is -0.215. The largest absolute Gasteiger partial charge is 0.473 e. The molecule has 150 valence electrons. The van der Waals surface area contributed by atoms with Gasteiger partial charge in [0, 0.05) is 32.4 Å². The zero-order chi connectivity index (χ0) is 20.3. The Balaban J connectivity index is 1.45. The van der Waals surface area contributed by atoms with E-state index in [1.165, 1.54) is 6.07 Å². The van der Waals surface area contributed by atoms with Crippen LogP contribution in [-0.2, 0) is 19.6 Å². The summed E-state index contributed by atoms with van der Waals surface area (Å²) in [5.41, 5.74) is 3.08. The Labute approximate surface area is 170 Å². The topological polar surface area (TPSA) is 58.5 Å². The van der Waals surface area contributed by atoms with Crippen LogP contribution in [0.4, 0.5) is 4.39 Å². The van der Waals surface area contributed by atoms with Crippen molar-refractivity contribution >= 4 is 5.96 Å². The number of rotatable bonds is 8. The summed E-state index contributed by atoms with van der Waals surface area (Å²) in [6.45, 7) is 1.72. The first-order valence-corrected chi connectivity index (χ1v) is 9.53. The molecule has 0 saturated heterocycles. The number of guanidine groups is 1. The highest BCUT2D eigenvalue weighted by molar-refractivity contribution is 5.79. The SMILES string of the molecule is CN=C(NCCc1cccc(F)c1)NCc1ccnc(OCc2ccccc2)c1. The van der Waals surface area contributed by atoms with Gasteiger partial charge in [-0.25, -0.2) is 9.37 Å². The zero-order valence-corrected chi connectivity index (χ0v) is 16.4. The minimum absolute atomic E-state index is 0.215. The highest BCUT2D eigenvalue weighted by Crippen LogP contribution is 2.11. The van der Waals surface area contributed by atoms with Gasteiger partial charge in [0.2, 0.25) is 5.88 Å². The molecule has 5 nitrogen and oxygen atoms in total. The Kier molecular flexibility index (Phi) is 7.57. The summed E-state index contributed by atoms with van der Waals surface area (Å²) in [4.78, 5) is 8.49. The van der Waals surface area contributed by atoms with Crippen LogP contribution in [0.2, 0.25) is 0 Å². The fourth-order valence-corrected chi connectivity index (χ4v) is 2.79. The predicted molar refractivity (Wildman–Crippen MR) is 113 cm³/mol. The van der Waals surface area contributed by atoms with Gasteiger partial charge in [0.1, 0.15) is 12.4 Å². The molecule has 3 aromatic rings. The maximum absolute atomic E-state index is 13.2. The summed E-state index contributed by atoms with van der Waals surface area (Å²) in [5.74, 6) is 1.06. The van der Waals surface area contributed by atoms with Crippen LogP contribution in [-0.4, -0.2) is 24.5 Å². The van der Waals surface area contributed by atoms with Crippen molar-refractivity contribution in [3.8, 4) is 5.88 Å². The molecule has 0 radical (unpaired) electrons. The maximum atomic E-state index is 13.2. The van der Waals surface area contributed by atoms with E-state index in [0.717, 1.165) is 16.7 Å². The summed E-state index contributed by atoms with van der Waals surface area (Å²) in [6, 6.07) is 20.5. The molecular formula is C23H25FN4O. The molecule has 1 aromatic heterocycles. The Hall–Kier alpha value is -3.41. The van der Waals surface area contributed by atoms with Crippen LogP contribution >= 0.6 is 0 Å². The molecule has 0 atom stereocenters. The molecule has 0 aliphatic rings. The quantitative estimate of drug-likeness (QED) is 0.453. The van der Waals surface area contributed by atoms with Gasteiger partial charge in [-0.2, -0.15) is 0 Å². The number of aliphatic imine (C=N–C) groups is 1. The molecule has 6 heteroatoms. The second-order valence-corrected chi connectivity index (χ2v) is 6.51. The molecule has 1 heterocycles. The van der Waals surface area contributed by atoms with Crippen molar-refractivity contribution in [1.82, 2.24) is 15.6 Å². The molecule has 0 saturated carbocycles.